The van der Waals surface area contributed by atoms with Crippen molar-refractivity contribution in [1.82, 2.24) is 4.90 Å². The highest BCUT2D eigenvalue weighted by molar-refractivity contribution is 5.82. The molecule has 18 heavy (non-hydrogen) atoms. The van der Waals surface area contributed by atoms with Gasteiger partial charge in [0.2, 0.25) is 0 Å². The first-order valence-corrected chi connectivity index (χ1v) is 6.14. The zero-order valence-corrected chi connectivity index (χ0v) is 10.6. The SMILES string of the molecule is CN(Cc1ccc2ccccc2c1)C(CO)CO. The van der Waals surface area contributed by atoms with Crippen LogP contribution in [0.3, 0.4) is 0 Å². The normalized spacial score (nSPS) is 11.6. The van der Waals surface area contributed by atoms with Gasteiger partial charge in [-0.3, -0.25) is 4.90 Å². The van der Waals surface area contributed by atoms with E-state index in [0.29, 0.717) is 0 Å². The van der Waals surface area contributed by atoms with Crippen molar-refractivity contribution >= 4 is 10.8 Å². The fourth-order valence-electron chi connectivity index (χ4n) is 2.09. The van der Waals surface area contributed by atoms with Gasteiger partial charge >= 0.3 is 0 Å². The fourth-order valence-corrected chi connectivity index (χ4v) is 2.09. The molecule has 0 aliphatic heterocycles. The van der Waals surface area contributed by atoms with E-state index in [9.17, 15) is 0 Å². The lowest BCUT2D eigenvalue weighted by molar-refractivity contribution is 0.0874. The van der Waals surface area contributed by atoms with Crippen LogP contribution >= 0.6 is 0 Å². The van der Waals surface area contributed by atoms with Gasteiger partial charge in [0.25, 0.3) is 0 Å². The number of aliphatic hydroxyl groups is 2. The van der Waals surface area contributed by atoms with Gasteiger partial charge in [-0.2, -0.15) is 0 Å². The molecule has 0 saturated carbocycles. The Hall–Kier alpha value is -1.42. The Morgan fingerprint density at radius 1 is 1.00 bits per heavy atom. The average molecular weight is 245 g/mol. The van der Waals surface area contributed by atoms with Crippen LogP contribution in [-0.2, 0) is 6.54 Å². The molecule has 0 radical (unpaired) electrons. The molecule has 3 heteroatoms. The lowest BCUT2D eigenvalue weighted by Crippen LogP contribution is -2.37. The molecule has 2 aromatic rings. The Morgan fingerprint density at radius 2 is 1.67 bits per heavy atom. The molecule has 0 aliphatic rings. The highest BCUT2D eigenvalue weighted by atomic mass is 16.3. The van der Waals surface area contributed by atoms with E-state index < -0.39 is 0 Å². The van der Waals surface area contributed by atoms with Gasteiger partial charge in [0.1, 0.15) is 0 Å². The van der Waals surface area contributed by atoms with Crippen LogP contribution in [0.1, 0.15) is 5.56 Å². The van der Waals surface area contributed by atoms with Crippen LogP contribution < -0.4 is 0 Å². The van der Waals surface area contributed by atoms with Gasteiger partial charge in [-0.1, -0.05) is 36.4 Å². The maximum atomic E-state index is 9.14. The molecule has 0 saturated heterocycles. The summed E-state index contributed by atoms with van der Waals surface area (Å²) < 4.78 is 0. The van der Waals surface area contributed by atoms with Gasteiger partial charge in [-0.15, -0.1) is 0 Å². The molecule has 2 aromatic carbocycles. The number of benzene rings is 2. The Bertz CT molecular complexity index is 509. The monoisotopic (exact) mass is 245 g/mol. The zero-order valence-electron chi connectivity index (χ0n) is 10.6. The first kappa shape index (κ1) is 13.0. The molecular weight excluding hydrogens is 226 g/mol. The van der Waals surface area contributed by atoms with E-state index in [1.165, 1.54) is 16.3 Å². The number of nitrogens with zero attached hydrogens (tertiary/aromatic N) is 1. The molecular formula is C15H19NO2. The lowest BCUT2D eigenvalue weighted by atomic mass is 10.1. The summed E-state index contributed by atoms with van der Waals surface area (Å²) in [6.07, 6.45) is 0. The number of hydrogen-bond acceptors (Lipinski definition) is 3. The van der Waals surface area contributed by atoms with Crippen molar-refractivity contribution in [1.29, 1.82) is 0 Å². The molecule has 0 unspecified atom stereocenters. The number of rotatable bonds is 5. The maximum Gasteiger partial charge on any atom is 0.0609 e. The quantitative estimate of drug-likeness (QED) is 0.841. The first-order chi connectivity index (χ1) is 8.74. The molecule has 3 nitrogen and oxygen atoms in total. The summed E-state index contributed by atoms with van der Waals surface area (Å²) in [5.41, 5.74) is 1.18. The van der Waals surface area contributed by atoms with Gasteiger partial charge in [-0.05, 0) is 29.4 Å². The summed E-state index contributed by atoms with van der Waals surface area (Å²) >= 11 is 0. The predicted molar refractivity (Wildman–Crippen MR) is 73.4 cm³/mol. The molecule has 96 valence electrons. The Morgan fingerprint density at radius 3 is 2.33 bits per heavy atom. The van der Waals surface area contributed by atoms with Gasteiger partial charge in [-0.25, -0.2) is 0 Å². The summed E-state index contributed by atoms with van der Waals surface area (Å²) in [5, 5.41) is 20.7. The van der Waals surface area contributed by atoms with Crippen LogP contribution in [0.15, 0.2) is 42.5 Å². The van der Waals surface area contributed by atoms with Gasteiger partial charge in [0, 0.05) is 6.54 Å². The minimum Gasteiger partial charge on any atom is -0.395 e. The van der Waals surface area contributed by atoms with Crippen LogP contribution in [0, 0.1) is 0 Å². The Balaban J connectivity index is 2.16. The molecule has 0 aromatic heterocycles. The molecule has 0 spiro atoms. The van der Waals surface area contributed by atoms with Crippen LogP contribution in [0.4, 0.5) is 0 Å². The van der Waals surface area contributed by atoms with E-state index in [-0.39, 0.29) is 19.3 Å². The van der Waals surface area contributed by atoms with E-state index >= 15 is 0 Å². The third-order valence-corrected chi connectivity index (χ3v) is 3.29. The van der Waals surface area contributed by atoms with E-state index in [1.54, 1.807) is 0 Å². The highest BCUT2D eigenvalue weighted by Gasteiger charge is 2.12. The molecule has 0 bridgehead atoms. The fraction of sp³-hybridized carbons (Fsp3) is 0.333. The summed E-state index contributed by atoms with van der Waals surface area (Å²) in [6, 6.07) is 14.4. The third kappa shape index (κ3) is 2.88. The lowest BCUT2D eigenvalue weighted by Gasteiger charge is -2.24. The second kappa shape index (κ2) is 5.96. The van der Waals surface area contributed by atoms with Crippen molar-refractivity contribution in [2.75, 3.05) is 20.3 Å². The van der Waals surface area contributed by atoms with Crippen molar-refractivity contribution in [2.45, 2.75) is 12.6 Å². The van der Waals surface area contributed by atoms with Crippen LogP contribution in [0.2, 0.25) is 0 Å². The van der Waals surface area contributed by atoms with Crippen LogP contribution in [0.5, 0.6) is 0 Å². The molecule has 0 atom stereocenters. The third-order valence-electron chi connectivity index (χ3n) is 3.29. The van der Waals surface area contributed by atoms with Crippen molar-refractivity contribution in [3.05, 3.63) is 48.0 Å². The molecule has 0 heterocycles. The smallest absolute Gasteiger partial charge is 0.0609 e. The molecule has 0 amide bonds. The second-order valence-corrected chi connectivity index (χ2v) is 4.62. The summed E-state index contributed by atoms with van der Waals surface area (Å²) in [7, 11) is 1.91. The van der Waals surface area contributed by atoms with Gasteiger partial charge in [0.05, 0.1) is 19.3 Å². The minimum atomic E-state index is -0.198. The topological polar surface area (TPSA) is 43.7 Å². The zero-order chi connectivity index (χ0) is 13.0. The standard InChI is InChI=1S/C15H19NO2/c1-16(15(10-17)11-18)9-12-6-7-13-4-2-3-5-14(13)8-12/h2-8,15,17-18H,9-11H2,1H3. The Labute approximate surface area is 107 Å². The summed E-state index contributed by atoms with van der Waals surface area (Å²) in [5.74, 6) is 0. The average Bonchev–Trinajstić information content (AvgIpc) is 2.40. The van der Waals surface area contributed by atoms with Crippen molar-refractivity contribution < 1.29 is 10.2 Å². The molecule has 2 rings (SSSR count). The molecule has 0 aliphatic carbocycles. The number of hydrogen-bond donors (Lipinski definition) is 2. The summed E-state index contributed by atoms with van der Waals surface area (Å²) in [6.45, 7) is 0.664. The van der Waals surface area contributed by atoms with E-state index in [2.05, 4.69) is 30.3 Å². The first-order valence-electron chi connectivity index (χ1n) is 6.14. The Kier molecular flexibility index (Phi) is 4.31. The maximum absolute atomic E-state index is 9.14. The van der Waals surface area contributed by atoms with E-state index in [1.807, 2.05) is 24.1 Å². The van der Waals surface area contributed by atoms with Gasteiger partial charge < -0.3 is 10.2 Å². The van der Waals surface area contributed by atoms with Crippen LogP contribution in [-0.4, -0.2) is 41.4 Å². The van der Waals surface area contributed by atoms with E-state index in [4.69, 9.17) is 10.2 Å². The number of aliphatic hydroxyl groups excluding tert-OH is 2. The highest BCUT2D eigenvalue weighted by Crippen LogP contribution is 2.17. The number of fused-ring (bicyclic) bond motifs is 1. The van der Waals surface area contributed by atoms with Crippen molar-refractivity contribution in [3.63, 3.8) is 0 Å². The van der Waals surface area contributed by atoms with Gasteiger partial charge in [0.15, 0.2) is 0 Å². The largest absolute Gasteiger partial charge is 0.395 e. The van der Waals surface area contributed by atoms with Crippen molar-refractivity contribution in [2.24, 2.45) is 0 Å². The predicted octanol–water partition coefficient (Wildman–Crippen LogP) is 1.62. The van der Waals surface area contributed by atoms with Crippen molar-refractivity contribution in [3.8, 4) is 0 Å². The van der Waals surface area contributed by atoms with Crippen LogP contribution in [0.25, 0.3) is 10.8 Å². The molecule has 2 N–H and O–H groups in total. The minimum absolute atomic E-state index is 0.0272. The van der Waals surface area contributed by atoms with E-state index in [0.717, 1.165) is 6.54 Å². The summed E-state index contributed by atoms with van der Waals surface area (Å²) in [4.78, 5) is 1.96. The molecule has 0 fully saturated rings. The number of likely N-dealkylation sites (N-methyl/N-ethyl adjacent to an activating group) is 1. The second-order valence-electron chi connectivity index (χ2n) is 4.62.